The maximum absolute atomic E-state index is 5.61. The van der Waals surface area contributed by atoms with Crippen molar-refractivity contribution < 1.29 is 0 Å². The van der Waals surface area contributed by atoms with Crippen molar-refractivity contribution >= 4 is 29.2 Å². The Balaban J connectivity index is 1.40. The summed E-state index contributed by atoms with van der Waals surface area (Å²) in [6.07, 6.45) is 0.840. The Morgan fingerprint density at radius 3 is 2.50 bits per heavy atom. The van der Waals surface area contributed by atoms with Crippen LogP contribution in [0.3, 0.4) is 0 Å². The van der Waals surface area contributed by atoms with Crippen molar-refractivity contribution in [3.63, 3.8) is 0 Å². The highest BCUT2D eigenvalue weighted by molar-refractivity contribution is 7.71. The zero-order valence-corrected chi connectivity index (χ0v) is 16.5. The van der Waals surface area contributed by atoms with Gasteiger partial charge in [-0.2, -0.15) is 5.10 Å². The average molecular weight is 386 g/mol. The molecule has 0 bridgehead atoms. The number of benzene rings is 1. The van der Waals surface area contributed by atoms with Crippen LogP contribution in [0.5, 0.6) is 0 Å². The lowest BCUT2D eigenvalue weighted by atomic mass is 10.2. The first kappa shape index (κ1) is 17.5. The molecule has 0 amide bonds. The number of piperazine rings is 1. The fraction of sp³-hybridized carbons (Fsp3) is 0.368. The molecule has 1 aliphatic heterocycles. The van der Waals surface area contributed by atoms with Crippen molar-refractivity contribution in [2.45, 2.75) is 13.1 Å². The topological polar surface area (TPSA) is 29.2 Å². The third-order valence-corrected chi connectivity index (χ3v) is 6.23. The SMILES string of the molecule is Cn1c(Cc2cccs2)nn(CN2CCN(c3ccccc3)CC2)c1=S. The molecule has 0 unspecified atom stereocenters. The van der Waals surface area contributed by atoms with Crippen molar-refractivity contribution in [2.75, 3.05) is 31.1 Å². The second-order valence-electron chi connectivity index (χ2n) is 6.60. The monoisotopic (exact) mass is 385 g/mol. The van der Waals surface area contributed by atoms with E-state index in [1.54, 1.807) is 11.3 Å². The summed E-state index contributed by atoms with van der Waals surface area (Å²) in [4.78, 5) is 6.19. The van der Waals surface area contributed by atoms with Crippen molar-refractivity contribution in [3.8, 4) is 0 Å². The summed E-state index contributed by atoms with van der Waals surface area (Å²) in [5.41, 5.74) is 1.31. The van der Waals surface area contributed by atoms with Gasteiger partial charge < -0.3 is 9.47 Å². The van der Waals surface area contributed by atoms with Crippen LogP contribution in [-0.2, 0) is 20.1 Å². The fourth-order valence-corrected chi connectivity index (χ4v) is 4.23. The Morgan fingerprint density at radius 2 is 1.81 bits per heavy atom. The van der Waals surface area contributed by atoms with Crippen LogP contribution in [-0.4, -0.2) is 45.4 Å². The first-order valence-electron chi connectivity index (χ1n) is 8.88. The molecule has 3 aromatic rings. The van der Waals surface area contributed by atoms with E-state index in [1.165, 1.54) is 10.6 Å². The molecule has 0 radical (unpaired) electrons. The number of aromatic nitrogens is 3. The Labute approximate surface area is 163 Å². The number of nitrogens with zero attached hydrogens (tertiary/aromatic N) is 5. The Morgan fingerprint density at radius 1 is 1.04 bits per heavy atom. The van der Waals surface area contributed by atoms with E-state index in [2.05, 4.69) is 57.6 Å². The summed E-state index contributed by atoms with van der Waals surface area (Å²) in [5.74, 6) is 1.03. The highest BCUT2D eigenvalue weighted by Crippen LogP contribution is 2.17. The molecule has 0 saturated carbocycles. The van der Waals surface area contributed by atoms with Gasteiger partial charge in [0.15, 0.2) is 4.77 Å². The second kappa shape index (κ2) is 7.73. The quantitative estimate of drug-likeness (QED) is 0.630. The van der Waals surface area contributed by atoms with Crippen LogP contribution in [0, 0.1) is 4.77 Å². The number of hydrogen-bond acceptors (Lipinski definition) is 5. The van der Waals surface area contributed by atoms with Crippen LogP contribution < -0.4 is 4.90 Å². The van der Waals surface area contributed by atoms with Crippen LogP contribution in [0.1, 0.15) is 10.7 Å². The van der Waals surface area contributed by atoms with E-state index in [9.17, 15) is 0 Å². The van der Waals surface area contributed by atoms with Crippen LogP contribution in [0.25, 0.3) is 0 Å². The summed E-state index contributed by atoms with van der Waals surface area (Å²) in [7, 11) is 2.02. The van der Waals surface area contributed by atoms with Gasteiger partial charge >= 0.3 is 0 Å². The molecule has 1 aliphatic rings. The Hall–Kier alpha value is -1.96. The van der Waals surface area contributed by atoms with Gasteiger partial charge in [-0.15, -0.1) is 11.3 Å². The molecule has 7 heteroatoms. The second-order valence-corrected chi connectivity index (χ2v) is 7.99. The maximum atomic E-state index is 5.61. The van der Waals surface area contributed by atoms with E-state index in [0.717, 1.165) is 49.9 Å². The number of rotatable bonds is 5. The largest absolute Gasteiger partial charge is 0.369 e. The van der Waals surface area contributed by atoms with E-state index < -0.39 is 0 Å². The van der Waals surface area contributed by atoms with E-state index in [4.69, 9.17) is 17.3 Å². The number of hydrogen-bond donors (Lipinski definition) is 0. The predicted molar refractivity (Wildman–Crippen MR) is 109 cm³/mol. The Bertz CT molecular complexity index is 890. The molecule has 136 valence electrons. The van der Waals surface area contributed by atoms with Crippen molar-refractivity contribution in [1.82, 2.24) is 19.2 Å². The van der Waals surface area contributed by atoms with Crippen molar-refractivity contribution in [2.24, 2.45) is 7.05 Å². The molecule has 3 heterocycles. The minimum Gasteiger partial charge on any atom is -0.369 e. The van der Waals surface area contributed by atoms with Crippen LogP contribution in [0.4, 0.5) is 5.69 Å². The molecule has 1 saturated heterocycles. The molecule has 1 aromatic carbocycles. The van der Waals surface area contributed by atoms with E-state index in [-0.39, 0.29) is 0 Å². The molecule has 1 fully saturated rings. The van der Waals surface area contributed by atoms with Gasteiger partial charge in [0.1, 0.15) is 5.82 Å². The molecular formula is C19H23N5S2. The normalized spacial score (nSPS) is 15.5. The predicted octanol–water partition coefficient (Wildman–Crippen LogP) is 3.38. The van der Waals surface area contributed by atoms with Gasteiger partial charge in [0.05, 0.1) is 6.67 Å². The Kier molecular flexibility index (Phi) is 5.19. The van der Waals surface area contributed by atoms with Gasteiger partial charge in [-0.3, -0.25) is 4.90 Å². The minimum absolute atomic E-state index is 0.764. The van der Waals surface area contributed by atoms with Crippen molar-refractivity contribution in [3.05, 3.63) is 63.3 Å². The molecular weight excluding hydrogens is 362 g/mol. The molecule has 0 spiro atoms. The summed E-state index contributed by atoms with van der Waals surface area (Å²) < 4.78 is 4.80. The molecule has 4 rings (SSSR count). The van der Waals surface area contributed by atoms with E-state index in [1.807, 2.05) is 16.3 Å². The number of anilines is 1. The van der Waals surface area contributed by atoms with Gasteiger partial charge in [0.2, 0.25) is 0 Å². The standard InChI is InChI=1S/C19H23N5S2/c1-21-18(14-17-8-5-13-26-17)20-24(19(21)25)15-22-9-11-23(12-10-22)16-6-3-2-4-7-16/h2-8,13H,9-12,14-15H2,1H3. The lowest BCUT2D eigenvalue weighted by Gasteiger charge is -2.35. The zero-order chi connectivity index (χ0) is 17.9. The van der Waals surface area contributed by atoms with Gasteiger partial charge in [-0.05, 0) is 35.8 Å². The van der Waals surface area contributed by atoms with Gasteiger partial charge in [0, 0.05) is 50.2 Å². The lowest BCUT2D eigenvalue weighted by molar-refractivity contribution is 0.194. The molecule has 0 N–H and O–H groups in total. The lowest BCUT2D eigenvalue weighted by Crippen LogP contribution is -2.47. The first-order valence-corrected chi connectivity index (χ1v) is 10.2. The third kappa shape index (κ3) is 3.75. The van der Waals surface area contributed by atoms with Gasteiger partial charge in [-0.1, -0.05) is 24.3 Å². The van der Waals surface area contributed by atoms with Crippen LogP contribution >= 0.6 is 23.6 Å². The summed E-state index contributed by atoms with van der Waals surface area (Å²) >= 11 is 7.37. The zero-order valence-electron chi connectivity index (χ0n) is 14.9. The molecule has 0 atom stereocenters. The summed E-state index contributed by atoms with van der Waals surface area (Å²) in [6.45, 7) is 4.87. The first-order chi connectivity index (χ1) is 12.7. The maximum Gasteiger partial charge on any atom is 0.198 e. The summed E-state index contributed by atoms with van der Waals surface area (Å²) in [5, 5.41) is 6.89. The van der Waals surface area contributed by atoms with Crippen molar-refractivity contribution in [1.29, 1.82) is 0 Å². The molecule has 2 aromatic heterocycles. The smallest absolute Gasteiger partial charge is 0.198 e. The highest BCUT2D eigenvalue weighted by Gasteiger charge is 2.18. The van der Waals surface area contributed by atoms with Crippen LogP contribution in [0.15, 0.2) is 47.8 Å². The highest BCUT2D eigenvalue weighted by atomic mass is 32.1. The van der Waals surface area contributed by atoms with E-state index in [0.29, 0.717) is 0 Å². The fourth-order valence-electron chi connectivity index (χ4n) is 3.32. The minimum atomic E-state index is 0.764. The van der Waals surface area contributed by atoms with E-state index >= 15 is 0 Å². The van der Waals surface area contributed by atoms with Crippen LogP contribution in [0.2, 0.25) is 0 Å². The number of thiophene rings is 1. The molecule has 0 aliphatic carbocycles. The molecule has 5 nitrogen and oxygen atoms in total. The molecule has 26 heavy (non-hydrogen) atoms. The van der Waals surface area contributed by atoms with Gasteiger partial charge in [-0.25, -0.2) is 4.68 Å². The third-order valence-electron chi connectivity index (χ3n) is 4.87. The van der Waals surface area contributed by atoms with Gasteiger partial charge in [0.25, 0.3) is 0 Å². The average Bonchev–Trinajstić information content (AvgIpc) is 3.28. The number of para-hydroxylation sites is 1. The summed E-state index contributed by atoms with van der Waals surface area (Å²) in [6, 6.07) is 14.9.